The van der Waals surface area contributed by atoms with Gasteiger partial charge >= 0.3 is 0 Å². The van der Waals surface area contributed by atoms with Gasteiger partial charge < -0.3 is 10.5 Å². The minimum Gasteiger partial charge on any atom is -0.396 e. The molecule has 2 aliphatic heterocycles. The molecule has 1 saturated heterocycles. The van der Waals surface area contributed by atoms with Crippen LogP contribution in [0.5, 0.6) is 0 Å². The fraction of sp³-hybridized carbons (Fsp3) is 0.412. The Morgan fingerprint density at radius 2 is 2.16 bits per heavy atom. The molecule has 0 saturated carbocycles. The van der Waals surface area contributed by atoms with Crippen LogP contribution in [0.15, 0.2) is 40.6 Å². The normalized spacial score (nSPS) is 23.8. The summed E-state index contributed by atoms with van der Waals surface area (Å²) in [6.45, 7) is 1.62. The number of carbonyl (C=O) groups is 1. The standard InChI is InChI=1S/C17H19N5O2S/c18-11-8-19-22(9-11)12-1-2-14-15(7-12)20-16(21-17(14)23)10-25-13-3-5-24-6-4-13/h1-2,7-9,13-14H,3-6,10,18H2. The number of amidine groups is 1. The molecule has 7 nitrogen and oxygen atoms in total. The van der Waals surface area contributed by atoms with Crippen molar-refractivity contribution >= 4 is 40.6 Å². The number of aromatic nitrogens is 2. The van der Waals surface area contributed by atoms with E-state index < -0.39 is 5.92 Å². The summed E-state index contributed by atoms with van der Waals surface area (Å²) in [5, 5.41) is 4.75. The second-order valence-electron chi connectivity index (χ2n) is 6.15. The van der Waals surface area contributed by atoms with Crippen molar-refractivity contribution in [1.29, 1.82) is 0 Å². The number of aliphatic imine (C=N–C) groups is 2. The van der Waals surface area contributed by atoms with Crippen molar-refractivity contribution in [2.75, 3.05) is 24.7 Å². The van der Waals surface area contributed by atoms with E-state index in [2.05, 4.69) is 15.1 Å². The van der Waals surface area contributed by atoms with Crippen LogP contribution >= 0.6 is 11.8 Å². The average Bonchev–Trinajstić information content (AvgIpc) is 3.07. The van der Waals surface area contributed by atoms with Crippen molar-refractivity contribution in [2.24, 2.45) is 15.9 Å². The van der Waals surface area contributed by atoms with Crippen LogP contribution in [-0.4, -0.2) is 51.5 Å². The number of nitrogens with two attached hydrogens (primary N) is 1. The first kappa shape index (κ1) is 16.3. The molecule has 1 aromatic rings. The lowest BCUT2D eigenvalue weighted by atomic mass is 9.95. The number of rotatable bonds is 4. The molecule has 0 bridgehead atoms. The molecule has 0 radical (unpaired) electrons. The van der Waals surface area contributed by atoms with Gasteiger partial charge in [0.15, 0.2) is 0 Å². The number of ether oxygens (including phenoxy) is 1. The van der Waals surface area contributed by atoms with Gasteiger partial charge in [0, 0.05) is 18.5 Å². The fourth-order valence-electron chi connectivity index (χ4n) is 2.98. The lowest BCUT2D eigenvalue weighted by Crippen LogP contribution is -2.29. The minimum atomic E-state index is -0.395. The van der Waals surface area contributed by atoms with Crippen LogP contribution < -0.4 is 5.73 Å². The van der Waals surface area contributed by atoms with E-state index in [1.807, 2.05) is 18.2 Å². The highest BCUT2D eigenvalue weighted by Gasteiger charge is 2.28. The summed E-state index contributed by atoms with van der Waals surface area (Å²) in [5.74, 6) is 0.694. The number of hydrogen-bond donors (Lipinski definition) is 1. The number of thioether (sulfide) groups is 1. The summed E-state index contributed by atoms with van der Waals surface area (Å²) in [6, 6.07) is 0. The van der Waals surface area contributed by atoms with E-state index >= 15 is 0 Å². The maximum absolute atomic E-state index is 12.3. The predicted molar refractivity (Wildman–Crippen MR) is 99.7 cm³/mol. The van der Waals surface area contributed by atoms with Crippen LogP contribution in [0.4, 0.5) is 5.69 Å². The molecule has 2 N–H and O–H groups in total. The van der Waals surface area contributed by atoms with E-state index in [4.69, 9.17) is 10.5 Å². The Labute approximate surface area is 149 Å². The summed E-state index contributed by atoms with van der Waals surface area (Å²) < 4.78 is 7.05. The number of fused-ring (bicyclic) bond motifs is 1. The lowest BCUT2D eigenvalue weighted by molar-refractivity contribution is -0.118. The molecule has 1 atom stereocenters. The number of carbonyl (C=O) groups excluding carboxylic acids is 1. The van der Waals surface area contributed by atoms with Crippen molar-refractivity contribution in [3.8, 4) is 0 Å². The summed E-state index contributed by atoms with van der Waals surface area (Å²) >= 11 is 1.80. The summed E-state index contributed by atoms with van der Waals surface area (Å²) in [4.78, 5) is 21.1. The molecule has 130 valence electrons. The van der Waals surface area contributed by atoms with E-state index in [1.54, 1.807) is 28.8 Å². The molecule has 1 amide bonds. The molecule has 8 heteroatoms. The zero-order valence-corrected chi connectivity index (χ0v) is 14.5. The largest absolute Gasteiger partial charge is 0.396 e. The highest BCUT2D eigenvalue weighted by atomic mass is 32.2. The Bertz CT molecular complexity index is 802. The predicted octanol–water partition coefficient (Wildman–Crippen LogP) is 1.78. The van der Waals surface area contributed by atoms with Crippen molar-refractivity contribution < 1.29 is 9.53 Å². The third kappa shape index (κ3) is 3.59. The molecule has 3 heterocycles. The van der Waals surface area contributed by atoms with Gasteiger partial charge in [0.1, 0.15) is 11.8 Å². The van der Waals surface area contributed by atoms with Gasteiger partial charge in [-0.2, -0.15) is 21.9 Å². The summed E-state index contributed by atoms with van der Waals surface area (Å²) in [5.41, 5.74) is 7.86. The fourth-order valence-corrected chi connectivity index (χ4v) is 4.02. The molecule has 1 aromatic heterocycles. The van der Waals surface area contributed by atoms with Crippen molar-refractivity contribution in [2.45, 2.75) is 18.1 Å². The van der Waals surface area contributed by atoms with Crippen LogP contribution in [0, 0.1) is 5.92 Å². The Morgan fingerprint density at radius 3 is 2.92 bits per heavy atom. The second-order valence-corrected chi connectivity index (χ2v) is 7.44. The van der Waals surface area contributed by atoms with E-state index in [9.17, 15) is 4.79 Å². The Kier molecular flexibility index (Phi) is 4.54. The smallest absolute Gasteiger partial charge is 0.260 e. The lowest BCUT2D eigenvalue weighted by Gasteiger charge is -2.23. The first-order chi connectivity index (χ1) is 12.2. The molecule has 0 spiro atoms. The van der Waals surface area contributed by atoms with Crippen molar-refractivity contribution in [3.05, 3.63) is 30.6 Å². The maximum atomic E-state index is 12.3. The number of nitrogens with zero attached hydrogens (tertiary/aromatic N) is 4. The molecule has 25 heavy (non-hydrogen) atoms. The van der Waals surface area contributed by atoms with Crippen LogP contribution in [0.1, 0.15) is 12.8 Å². The molecule has 0 aromatic carbocycles. The highest BCUT2D eigenvalue weighted by molar-refractivity contribution is 8.00. The van der Waals surface area contributed by atoms with Gasteiger partial charge in [-0.1, -0.05) is 6.08 Å². The number of nitrogen functional groups attached to an aromatic ring is 1. The number of amides is 1. The third-order valence-corrected chi connectivity index (χ3v) is 5.69. The minimum absolute atomic E-state index is 0.154. The molecule has 4 rings (SSSR count). The molecule has 1 fully saturated rings. The van der Waals surface area contributed by atoms with Gasteiger partial charge in [-0.15, -0.1) is 0 Å². The molecule has 3 aliphatic rings. The first-order valence-electron chi connectivity index (χ1n) is 8.29. The quantitative estimate of drug-likeness (QED) is 0.886. The van der Waals surface area contributed by atoms with Gasteiger partial charge in [0.25, 0.3) is 5.91 Å². The Balaban J connectivity index is 1.50. The molecule has 1 aliphatic carbocycles. The van der Waals surface area contributed by atoms with Crippen LogP contribution in [0.25, 0.3) is 5.70 Å². The van der Waals surface area contributed by atoms with Crippen molar-refractivity contribution in [3.63, 3.8) is 0 Å². The zero-order valence-electron chi connectivity index (χ0n) is 13.7. The molecular weight excluding hydrogens is 338 g/mol. The second kappa shape index (κ2) is 6.97. The van der Waals surface area contributed by atoms with E-state index in [0.29, 0.717) is 28.2 Å². The maximum Gasteiger partial charge on any atom is 0.260 e. The van der Waals surface area contributed by atoms with Gasteiger partial charge in [-0.25, -0.2) is 9.67 Å². The third-order valence-electron chi connectivity index (χ3n) is 4.32. The van der Waals surface area contributed by atoms with Crippen molar-refractivity contribution in [1.82, 2.24) is 9.78 Å². The van der Waals surface area contributed by atoms with E-state index in [0.717, 1.165) is 31.8 Å². The number of hydrogen-bond acceptors (Lipinski definition) is 6. The molecule has 1 unspecified atom stereocenters. The first-order valence-corrected chi connectivity index (χ1v) is 9.34. The summed E-state index contributed by atoms with van der Waals surface area (Å²) in [7, 11) is 0. The average molecular weight is 357 g/mol. The van der Waals surface area contributed by atoms with Gasteiger partial charge in [0.05, 0.1) is 35.2 Å². The SMILES string of the molecule is Nc1cnn(C2=CC3=NC(CSC4CCOCC4)=NC(=O)C3C=C2)c1. The number of anilines is 1. The number of allylic oxidation sites excluding steroid dienone is 3. The van der Waals surface area contributed by atoms with Gasteiger partial charge in [-0.3, -0.25) is 4.79 Å². The van der Waals surface area contributed by atoms with Crippen LogP contribution in [0.2, 0.25) is 0 Å². The highest BCUT2D eigenvalue weighted by Crippen LogP contribution is 2.25. The van der Waals surface area contributed by atoms with Gasteiger partial charge in [-0.05, 0) is 25.0 Å². The van der Waals surface area contributed by atoms with Crippen LogP contribution in [0.3, 0.4) is 0 Å². The van der Waals surface area contributed by atoms with E-state index in [1.165, 1.54) is 0 Å². The summed E-state index contributed by atoms with van der Waals surface area (Å²) in [6.07, 6.45) is 11.0. The zero-order chi connectivity index (χ0) is 17.2. The van der Waals surface area contributed by atoms with E-state index in [-0.39, 0.29) is 5.91 Å². The Hall–Kier alpha value is -2.19. The molecular formula is C17H19N5O2S. The topological polar surface area (TPSA) is 94.9 Å². The van der Waals surface area contributed by atoms with Gasteiger partial charge in [0.2, 0.25) is 0 Å². The monoisotopic (exact) mass is 357 g/mol. The Morgan fingerprint density at radius 1 is 1.32 bits per heavy atom. The van der Waals surface area contributed by atoms with Crippen LogP contribution in [-0.2, 0) is 9.53 Å².